The van der Waals surface area contributed by atoms with Crippen LogP contribution < -0.4 is 5.56 Å². The summed E-state index contributed by atoms with van der Waals surface area (Å²) in [5.41, 5.74) is 0.720. The first-order valence-corrected chi connectivity index (χ1v) is 6.23. The number of hydrogen-bond donors (Lipinski definition) is 1. The van der Waals surface area contributed by atoms with Crippen molar-refractivity contribution in [1.82, 2.24) is 14.9 Å². The van der Waals surface area contributed by atoms with Crippen LogP contribution in [-0.2, 0) is 12.0 Å². The first kappa shape index (κ1) is 13.6. The van der Waals surface area contributed by atoms with Crippen molar-refractivity contribution in [3.05, 3.63) is 25.4 Å². The molecule has 0 unspecified atom stereocenters. The van der Waals surface area contributed by atoms with Gasteiger partial charge in [0.2, 0.25) is 0 Å². The van der Waals surface area contributed by atoms with Gasteiger partial charge in [0.15, 0.2) is 0 Å². The van der Waals surface area contributed by atoms with Crippen LogP contribution in [0, 0.1) is 3.57 Å². The Labute approximate surface area is 110 Å². The van der Waals surface area contributed by atoms with Crippen LogP contribution in [0.3, 0.4) is 0 Å². The molecule has 0 atom stereocenters. The molecule has 0 fully saturated rings. The van der Waals surface area contributed by atoms with E-state index in [9.17, 15) is 4.79 Å². The van der Waals surface area contributed by atoms with E-state index in [2.05, 4.69) is 53.3 Å². The molecule has 0 spiro atoms. The van der Waals surface area contributed by atoms with E-state index < -0.39 is 0 Å². The van der Waals surface area contributed by atoms with Gasteiger partial charge in [-0.25, -0.2) is 4.98 Å². The third kappa shape index (κ3) is 3.28. The maximum Gasteiger partial charge on any atom is 0.264 e. The fraction of sp³-hybridized carbons (Fsp3) is 0.636. The van der Waals surface area contributed by atoms with Crippen molar-refractivity contribution >= 4 is 22.6 Å². The highest BCUT2D eigenvalue weighted by molar-refractivity contribution is 14.1. The van der Waals surface area contributed by atoms with Gasteiger partial charge in [-0.3, -0.25) is 4.79 Å². The van der Waals surface area contributed by atoms with Crippen molar-refractivity contribution in [2.45, 2.75) is 32.7 Å². The Hall–Kier alpha value is -0.430. The van der Waals surface area contributed by atoms with Crippen molar-refractivity contribution in [2.75, 3.05) is 14.1 Å². The van der Waals surface area contributed by atoms with Crippen LogP contribution in [0.15, 0.2) is 4.79 Å². The molecule has 90 valence electrons. The standard InChI is InChI=1S/C11H18IN3O/c1-11(2,3)9-8(12)10(16)14-7(13-9)6-15(4)5/h6H2,1-5H3,(H,13,14,16). The van der Waals surface area contributed by atoms with Gasteiger partial charge in [-0.2, -0.15) is 0 Å². The Morgan fingerprint density at radius 2 is 1.94 bits per heavy atom. The summed E-state index contributed by atoms with van der Waals surface area (Å²) in [7, 11) is 3.91. The highest BCUT2D eigenvalue weighted by Gasteiger charge is 2.21. The Kier molecular flexibility index (Phi) is 4.12. The predicted octanol–water partition coefficient (Wildman–Crippen LogP) is 1.73. The molecular weight excluding hydrogens is 317 g/mol. The van der Waals surface area contributed by atoms with E-state index >= 15 is 0 Å². The summed E-state index contributed by atoms with van der Waals surface area (Å²) in [5, 5.41) is 0. The molecule has 1 aromatic rings. The van der Waals surface area contributed by atoms with Gasteiger partial charge >= 0.3 is 0 Å². The number of hydrogen-bond acceptors (Lipinski definition) is 3. The van der Waals surface area contributed by atoms with E-state index in [0.717, 1.165) is 11.5 Å². The third-order valence-electron chi connectivity index (χ3n) is 2.09. The number of aromatic amines is 1. The summed E-state index contributed by atoms with van der Waals surface area (Å²) in [4.78, 5) is 21.1. The topological polar surface area (TPSA) is 49.0 Å². The van der Waals surface area contributed by atoms with E-state index in [4.69, 9.17) is 0 Å². The molecule has 1 rings (SSSR count). The minimum atomic E-state index is -0.105. The summed E-state index contributed by atoms with van der Waals surface area (Å²) in [6.45, 7) is 6.85. The van der Waals surface area contributed by atoms with E-state index in [1.807, 2.05) is 19.0 Å². The van der Waals surface area contributed by atoms with Gasteiger partial charge in [0.05, 0.1) is 12.2 Å². The lowest BCUT2D eigenvalue weighted by Gasteiger charge is -2.20. The molecule has 0 amide bonds. The number of H-pyrrole nitrogens is 1. The number of nitrogens with zero attached hydrogens (tertiary/aromatic N) is 2. The zero-order valence-electron chi connectivity index (χ0n) is 10.4. The van der Waals surface area contributed by atoms with Crippen LogP contribution in [0.25, 0.3) is 0 Å². The van der Waals surface area contributed by atoms with Crippen LogP contribution >= 0.6 is 22.6 Å². The quantitative estimate of drug-likeness (QED) is 0.838. The number of nitrogens with one attached hydrogen (secondary N) is 1. The third-order valence-corrected chi connectivity index (χ3v) is 3.09. The largest absolute Gasteiger partial charge is 0.309 e. The second-order valence-corrected chi connectivity index (χ2v) is 6.24. The maximum absolute atomic E-state index is 11.8. The van der Waals surface area contributed by atoms with Crippen molar-refractivity contribution < 1.29 is 0 Å². The first-order valence-electron chi connectivity index (χ1n) is 5.15. The monoisotopic (exact) mass is 335 g/mol. The normalized spacial score (nSPS) is 12.2. The molecule has 0 aliphatic rings. The molecule has 0 aliphatic carbocycles. The van der Waals surface area contributed by atoms with Crippen LogP contribution in [0.4, 0.5) is 0 Å². The molecule has 0 bridgehead atoms. The lowest BCUT2D eigenvalue weighted by Crippen LogP contribution is -2.27. The number of rotatable bonds is 2. The molecule has 0 aromatic carbocycles. The van der Waals surface area contributed by atoms with Crippen LogP contribution in [-0.4, -0.2) is 29.0 Å². The molecular formula is C11H18IN3O. The van der Waals surface area contributed by atoms with E-state index in [1.165, 1.54) is 0 Å². The number of halogens is 1. The van der Waals surface area contributed by atoms with Gasteiger partial charge in [0.1, 0.15) is 9.39 Å². The van der Waals surface area contributed by atoms with E-state index in [1.54, 1.807) is 0 Å². The molecule has 0 saturated carbocycles. The molecule has 0 saturated heterocycles. The zero-order valence-corrected chi connectivity index (χ0v) is 12.5. The van der Waals surface area contributed by atoms with Crippen molar-refractivity contribution in [3.63, 3.8) is 0 Å². The van der Waals surface area contributed by atoms with Crippen LogP contribution in [0.2, 0.25) is 0 Å². The fourth-order valence-electron chi connectivity index (χ4n) is 1.38. The van der Waals surface area contributed by atoms with Gasteiger partial charge in [0.25, 0.3) is 5.56 Å². The van der Waals surface area contributed by atoms with Gasteiger partial charge < -0.3 is 9.88 Å². The molecule has 5 heteroatoms. The summed E-state index contributed by atoms with van der Waals surface area (Å²) >= 11 is 2.06. The Bertz CT molecular complexity index is 432. The van der Waals surface area contributed by atoms with Crippen molar-refractivity contribution in [2.24, 2.45) is 0 Å². The second-order valence-electron chi connectivity index (χ2n) is 5.16. The van der Waals surface area contributed by atoms with Gasteiger partial charge in [-0.1, -0.05) is 20.8 Å². The maximum atomic E-state index is 11.8. The molecule has 0 radical (unpaired) electrons. The highest BCUT2D eigenvalue weighted by atomic mass is 127. The summed E-state index contributed by atoms with van der Waals surface area (Å²) in [5.74, 6) is 0.723. The minimum Gasteiger partial charge on any atom is -0.309 e. The molecule has 1 aromatic heterocycles. The molecule has 1 N–H and O–H groups in total. The molecule has 0 aliphatic heterocycles. The average Bonchev–Trinajstić information content (AvgIpc) is 2.08. The SMILES string of the molecule is CN(C)Cc1nc(C(C)(C)C)c(I)c(=O)[nH]1. The van der Waals surface area contributed by atoms with E-state index in [-0.39, 0.29) is 11.0 Å². The zero-order chi connectivity index (χ0) is 12.5. The highest BCUT2D eigenvalue weighted by Crippen LogP contribution is 2.22. The second kappa shape index (κ2) is 4.83. The smallest absolute Gasteiger partial charge is 0.264 e. The number of aromatic nitrogens is 2. The fourth-order valence-corrected chi connectivity index (χ4v) is 2.44. The Morgan fingerprint density at radius 3 is 2.38 bits per heavy atom. The molecule has 1 heterocycles. The lowest BCUT2D eigenvalue weighted by atomic mass is 9.92. The summed E-state index contributed by atoms with van der Waals surface area (Å²) in [6, 6.07) is 0. The van der Waals surface area contributed by atoms with Crippen LogP contribution in [0.5, 0.6) is 0 Å². The minimum absolute atomic E-state index is 0.0441. The Morgan fingerprint density at radius 1 is 1.38 bits per heavy atom. The first-order chi connectivity index (χ1) is 7.21. The average molecular weight is 335 g/mol. The lowest BCUT2D eigenvalue weighted by molar-refractivity contribution is 0.386. The molecule has 16 heavy (non-hydrogen) atoms. The Balaban J connectivity index is 3.28. The summed E-state index contributed by atoms with van der Waals surface area (Å²) in [6.07, 6.45) is 0. The summed E-state index contributed by atoms with van der Waals surface area (Å²) < 4.78 is 0.688. The van der Waals surface area contributed by atoms with Gasteiger partial charge in [-0.15, -0.1) is 0 Å². The molecule has 4 nitrogen and oxygen atoms in total. The van der Waals surface area contributed by atoms with Crippen molar-refractivity contribution in [3.8, 4) is 0 Å². The van der Waals surface area contributed by atoms with Gasteiger partial charge in [0, 0.05) is 5.41 Å². The van der Waals surface area contributed by atoms with E-state index in [0.29, 0.717) is 10.1 Å². The van der Waals surface area contributed by atoms with Crippen LogP contribution in [0.1, 0.15) is 32.3 Å². The predicted molar refractivity (Wildman–Crippen MR) is 73.7 cm³/mol. The van der Waals surface area contributed by atoms with Crippen molar-refractivity contribution in [1.29, 1.82) is 0 Å². The van der Waals surface area contributed by atoms with Gasteiger partial charge in [-0.05, 0) is 36.7 Å².